The number of hydrogen-bond acceptors (Lipinski definition) is 7. The number of carbonyl (C=O) groups is 2. The Morgan fingerprint density at radius 3 is 2.18 bits per heavy atom. The van der Waals surface area contributed by atoms with E-state index >= 15 is 0 Å². The number of carbonyl (C=O) groups excluding carboxylic acids is 2. The molecule has 0 amide bonds. The van der Waals surface area contributed by atoms with E-state index in [1.54, 1.807) is 5.57 Å². The maximum absolute atomic E-state index is 13.4. The molecule has 0 N–H and O–H groups in total. The lowest BCUT2D eigenvalue weighted by atomic mass is 9.47. The van der Waals surface area contributed by atoms with Gasteiger partial charge < -0.3 is 23.8 Å². The number of esters is 2. The lowest BCUT2D eigenvalue weighted by Crippen LogP contribution is -2.51. The van der Waals surface area contributed by atoms with Crippen molar-refractivity contribution in [1.82, 2.24) is 4.90 Å². The highest BCUT2D eigenvalue weighted by molar-refractivity contribution is 5.87. The molecule has 67 heavy (non-hydrogen) atoms. The third kappa shape index (κ3) is 16.4. The Bertz CT molecular complexity index is 1500. The number of hydrogen-bond donors (Lipinski definition) is 0. The van der Waals surface area contributed by atoms with Crippen LogP contribution in [-0.4, -0.2) is 75.1 Å². The number of allylic oxidation sites excluding steroid dienone is 3. The maximum atomic E-state index is 13.4. The van der Waals surface area contributed by atoms with Crippen LogP contribution in [0.3, 0.4) is 0 Å². The number of nitrogens with zero attached hydrogens (tertiary/aromatic N) is 1. The molecule has 1 aliphatic heterocycles. The fourth-order valence-electron chi connectivity index (χ4n) is 14.4. The lowest BCUT2D eigenvalue weighted by molar-refractivity contribution is -0.157. The molecule has 6 rings (SSSR count). The molecular weight excluding hydrogens is 831 g/mol. The summed E-state index contributed by atoms with van der Waals surface area (Å²) in [5, 5.41) is 0. The third-order valence-electron chi connectivity index (χ3n) is 18.6. The van der Waals surface area contributed by atoms with Gasteiger partial charge in [0, 0.05) is 19.6 Å². The molecule has 384 valence electrons. The van der Waals surface area contributed by atoms with Crippen molar-refractivity contribution in [2.24, 2.45) is 58.2 Å². The fraction of sp³-hybridized carbons (Fsp3) is 0.900. The summed E-state index contributed by atoms with van der Waals surface area (Å²) in [5.41, 5.74) is 2.27. The highest BCUT2D eigenvalue weighted by Crippen LogP contribution is 2.67. The Hall–Kier alpha value is -1.70. The molecule has 0 bridgehead atoms. The molecule has 11 atom stereocenters. The van der Waals surface area contributed by atoms with Gasteiger partial charge in [0.05, 0.1) is 31.2 Å². The minimum absolute atomic E-state index is 0.0384. The van der Waals surface area contributed by atoms with E-state index in [4.69, 9.17) is 18.9 Å². The fourth-order valence-corrected chi connectivity index (χ4v) is 14.4. The molecule has 6 aliphatic rings. The monoisotopic (exact) mass is 934 g/mol. The van der Waals surface area contributed by atoms with Crippen LogP contribution in [0.15, 0.2) is 23.8 Å². The number of piperidine rings is 1. The lowest BCUT2D eigenvalue weighted by Gasteiger charge is -2.58. The Morgan fingerprint density at radius 1 is 0.746 bits per heavy atom. The highest BCUT2D eigenvalue weighted by atomic mass is 16.6. The second kappa shape index (κ2) is 28.4. The Kier molecular flexibility index (Phi) is 23.1. The van der Waals surface area contributed by atoms with Crippen molar-refractivity contribution in [1.29, 1.82) is 0 Å². The SMILES string of the molecule is CCCCCCCC/C=C\CCCCCCCCOCC(CN1CCCCC1)OCCOC(=O)C1CC1C(=O)OC1CCC2(C)C(=CCC3C2CCC2(C)C(C(C)CCCC(C)C)CCC32)C1. The van der Waals surface area contributed by atoms with Crippen molar-refractivity contribution in [3.8, 4) is 0 Å². The standard InChI is InChI=1S/C60H103NO6/c1-7-8-9-10-11-12-13-14-15-16-17-18-19-20-21-25-39-64-45-50(44-61-37-23-22-24-38-61)65-40-41-66-57(62)52-43-53(52)58(63)67-49-33-35-59(5)48(42-49)29-30-51-55-32-31-54(47(4)28-26-27-46(2)3)60(55,6)36-34-56(51)59/h14-15,29,46-47,49-56H,7-13,16-28,30-45H2,1-6H3/b15-14-. The summed E-state index contributed by atoms with van der Waals surface area (Å²) in [5.74, 6) is 3.69. The summed E-state index contributed by atoms with van der Waals surface area (Å²) in [4.78, 5) is 29.0. The molecular formula is C60H103NO6. The van der Waals surface area contributed by atoms with E-state index in [1.807, 2.05) is 0 Å². The molecule has 5 fully saturated rings. The Morgan fingerprint density at radius 2 is 1.45 bits per heavy atom. The molecule has 1 saturated heterocycles. The highest BCUT2D eigenvalue weighted by Gasteiger charge is 2.59. The van der Waals surface area contributed by atoms with Gasteiger partial charge in [0.15, 0.2) is 0 Å². The van der Waals surface area contributed by atoms with Gasteiger partial charge in [-0.2, -0.15) is 0 Å². The van der Waals surface area contributed by atoms with Gasteiger partial charge >= 0.3 is 11.9 Å². The van der Waals surface area contributed by atoms with Gasteiger partial charge in [-0.1, -0.05) is 149 Å². The van der Waals surface area contributed by atoms with E-state index < -0.39 is 0 Å². The van der Waals surface area contributed by atoms with Gasteiger partial charge in [0.2, 0.25) is 0 Å². The van der Waals surface area contributed by atoms with Crippen LogP contribution in [0, 0.1) is 58.2 Å². The molecule has 0 spiro atoms. The zero-order chi connectivity index (χ0) is 47.5. The summed E-state index contributed by atoms with van der Waals surface area (Å²) < 4.78 is 24.4. The van der Waals surface area contributed by atoms with Crippen LogP contribution in [0.1, 0.15) is 228 Å². The number of likely N-dealkylation sites (tertiary alicyclic amines) is 1. The van der Waals surface area contributed by atoms with Crippen molar-refractivity contribution in [3.05, 3.63) is 23.8 Å². The van der Waals surface area contributed by atoms with Gasteiger partial charge in [-0.05, 0) is 156 Å². The minimum Gasteiger partial charge on any atom is -0.463 e. The smallest absolute Gasteiger partial charge is 0.310 e. The van der Waals surface area contributed by atoms with Crippen molar-refractivity contribution >= 4 is 11.9 Å². The first kappa shape index (κ1) is 54.6. The van der Waals surface area contributed by atoms with Gasteiger partial charge in [0.25, 0.3) is 0 Å². The molecule has 0 aromatic heterocycles. The molecule has 5 aliphatic carbocycles. The zero-order valence-corrected chi connectivity index (χ0v) is 44.4. The molecule has 7 nitrogen and oxygen atoms in total. The van der Waals surface area contributed by atoms with E-state index in [-0.39, 0.29) is 48.0 Å². The number of unbranched alkanes of at least 4 members (excludes halogenated alkanes) is 12. The third-order valence-corrected chi connectivity index (χ3v) is 18.6. The van der Waals surface area contributed by atoms with Crippen LogP contribution >= 0.6 is 0 Å². The van der Waals surface area contributed by atoms with E-state index in [0.717, 1.165) is 87.4 Å². The molecule has 0 radical (unpaired) electrons. The number of fused-ring (bicyclic) bond motifs is 5. The van der Waals surface area contributed by atoms with Crippen LogP contribution in [0.25, 0.3) is 0 Å². The van der Waals surface area contributed by atoms with Gasteiger partial charge in [-0.3, -0.25) is 9.59 Å². The van der Waals surface area contributed by atoms with Crippen molar-refractivity contribution in [3.63, 3.8) is 0 Å². The van der Waals surface area contributed by atoms with Gasteiger partial charge in [0.1, 0.15) is 12.7 Å². The molecule has 4 saturated carbocycles. The average molecular weight is 934 g/mol. The number of rotatable bonds is 32. The quantitative estimate of drug-likeness (QED) is 0.0378. The Labute approximate surface area is 411 Å². The van der Waals surface area contributed by atoms with Gasteiger partial charge in [-0.15, -0.1) is 0 Å². The van der Waals surface area contributed by atoms with Crippen molar-refractivity contribution in [2.75, 3.05) is 46.1 Å². The van der Waals surface area contributed by atoms with Gasteiger partial charge in [-0.25, -0.2) is 0 Å². The van der Waals surface area contributed by atoms with Crippen LogP contribution in [0.2, 0.25) is 0 Å². The van der Waals surface area contributed by atoms with Crippen LogP contribution < -0.4 is 0 Å². The first-order valence-corrected chi connectivity index (χ1v) is 29.2. The summed E-state index contributed by atoms with van der Waals surface area (Å²) in [6, 6.07) is 0. The largest absolute Gasteiger partial charge is 0.463 e. The van der Waals surface area contributed by atoms with E-state index in [2.05, 4.69) is 64.7 Å². The van der Waals surface area contributed by atoms with Crippen molar-refractivity contribution in [2.45, 2.75) is 240 Å². The van der Waals surface area contributed by atoms with Crippen LogP contribution in [0.5, 0.6) is 0 Å². The predicted octanol–water partition coefficient (Wildman–Crippen LogP) is 15.0. The zero-order valence-electron chi connectivity index (χ0n) is 44.4. The Balaban J connectivity index is 0.831. The first-order valence-electron chi connectivity index (χ1n) is 29.2. The van der Waals surface area contributed by atoms with Crippen LogP contribution in [-0.2, 0) is 28.5 Å². The normalized spacial score (nSPS) is 31.5. The topological polar surface area (TPSA) is 74.3 Å². The molecule has 0 aromatic rings. The average Bonchev–Trinajstić information content (AvgIpc) is 4.05. The maximum Gasteiger partial charge on any atom is 0.310 e. The first-order chi connectivity index (χ1) is 32.5. The molecule has 11 unspecified atom stereocenters. The second-order valence-corrected chi connectivity index (χ2v) is 24.1. The summed E-state index contributed by atoms with van der Waals surface area (Å²) in [7, 11) is 0. The number of ether oxygens (including phenoxy) is 4. The van der Waals surface area contributed by atoms with Crippen molar-refractivity contribution < 1.29 is 28.5 Å². The second-order valence-electron chi connectivity index (χ2n) is 24.1. The molecule has 7 heteroatoms. The van der Waals surface area contributed by atoms with E-state index in [1.165, 1.54) is 154 Å². The van der Waals surface area contributed by atoms with E-state index in [9.17, 15) is 9.59 Å². The molecule has 1 heterocycles. The summed E-state index contributed by atoms with van der Waals surface area (Å²) in [6.07, 6.45) is 43.7. The summed E-state index contributed by atoms with van der Waals surface area (Å²) in [6.45, 7) is 19.8. The molecule has 0 aromatic carbocycles. The summed E-state index contributed by atoms with van der Waals surface area (Å²) >= 11 is 0. The van der Waals surface area contributed by atoms with E-state index in [0.29, 0.717) is 25.0 Å². The minimum atomic E-state index is -0.384. The predicted molar refractivity (Wildman–Crippen MR) is 276 cm³/mol. The van der Waals surface area contributed by atoms with Crippen LogP contribution in [0.4, 0.5) is 0 Å².